The van der Waals surface area contributed by atoms with Gasteiger partial charge in [-0.1, -0.05) is 35.5 Å². The number of nitrogens with zero attached hydrogens (tertiary/aromatic N) is 3. The van der Waals surface area contributed by atoms with Gasteiger partial charge < -0.3 is 9.42 Å². The van der Waals surface area contributed by atoms with E-state index in [-0.39, 0.29) is 5.82 Å². The molecule has 1 aliphatic heterocycles. The van der Waals surface area contributed by atoms with Crippen molar-refractivity contribution in [1.82, 2.24) is 10.1 Å². The molecule has 25 heavy (non-hydrogen) atoms. The number of hydrogen-bond donors (Lipinski definition) is 0. The number of hydrogen-bond acceptors (Lipinski definition) is 4. The summed E-state index contributed by atoms with van der Waals surface area (Å²) in [7, 11) is 0. The van der Waals surface area contributed by atoms with Crippen LogP contribution in [-0.4, -0.2) is 36.2 Å². The van der Waals surface area contributed by atoms with Crippen molar-refractivity contribution >= 4 is 5.69 Å². The Morgan fingerprint density at radius 2 is 1.64 bits per heavy atom. The summed E-state index contributed by atoms with van der Waals surface area (Å²) in [5.74, 6) is 0.614. The number of aromatic nitrogens is 1. The standard InChI is InChI=1S/C20H20FN3O/c21-17-6-8-19(9-7-17)24-12-10-23(11-13-24)15-18-14-20(25-22-18)16-4-2-1-3-5-16/h1-9,14H,10-13,15H2. The minimum absolute atomic E-state index is 0.192. The lowest BCUT2D eigenvalue weighted by Crippen LogP contribution is -2.46. The fourth-order valence-corrected chi connectivity index (χ4v) is 3.17. The minimum Gasteiger partial charge on any atom is -0.369 e. The first-order chi connectivity index (χ1) is 12.3. The van der Waals surface area contributed by atoms with Gasteiger partial charge in [0, 0.05) is 50.0 Å². The van der Waals surface area contributed by atoms with E-state index in [9.17, 15) is 4.39 Å². The maximum atomic E-state index is 13.0. The van der Waals surface area contributed by atoms with Crippen LogP contribution in [0.15, 0.2) is 65.2 Å². The van der Waals surface area contributed by atoms with Gasteiger partial charge in [-0.25, -0.2) is 4.39 Å². The van der Waals surface area contributed by atoms with Crippen molar-refractivity contribution in [2.75, 3.05) is 31.1 Å². The molecule has 0 amide bonds. The quantitative estimate of drug-likeness (QED) is 0.725. The predicted molar refractivity (Wildman–Crippen MR) is 95.8 cm³/mol. The molecule has 2 heterocycles. The van der Waals surface area contributed by atoms with Gasteiger partial charge in [-0.3, -0.25) is 4.90 Å². The Bertz CT molecular complexity index is 808. The van der Waals surface area contributed by atoms with Crippen LogP contribution in [-0.2, 0) is 6.54 Å². The molecule has 2 aromatic carbocycles. The van der Waals surface area contributed by atoms with Crippen LogP contribution in [0.5, 0.6) is 0 Å². The molecule has 1 aromatic heterocycles. The molecule has 5 heteroatoms. The fourth-order valence-electron chi connectivity index (χ4n) is 3.17. The molecule has 0 spiro atoms. The number of benzene rings is 2. The number of anilines is 1. The molecule has 4 nitrogen and oxygen atoms in total. The minimum atomic E-state index is -0.192. The number of rotatable bonds is 4. The summed E-state index contributed by atoms with van der Waals surface area (Å²) < 4.78 is 18.5. The van der Waals surface area contributed by atoms with Crippen LogP contribution in [0, 0.1) is 5.82 Å². The third kappa shape index (κ3) is 3.72. The van der Waals surface area contributed by atoms with Gasteiger partial charge in [0.25, 0.3) is 0 Å². The van der Waals surface area contributed by atoms with Crippen LogP contribution >= 0.6 is 0 Å². The lowest BCUT2D eigenvalue weighted by atomic mass is 10.1. The van der Waals surface area contributed by atoms with Crippen LogP contribution in [0.4, 0.5) is 10.1 Å². The summed E-state index contributed by atoms with van der Waals surface area (Å²) in [6, 6.07) is 18.7. The summed E-state index contributed by atoms with van der Waals surface area (Å²) in [5.41, 5.74) is 3.07. The Kier molecular flexibility index (Phi) is 4.48. The SMILES string of the molecule is Fc1ccc(N2CCN(Cc3cc(-c4ccccc4)on3)CC2)cc1. The topological polar surface area (TPSA) is 32.5 Å². The zero-order chi connectivity index (χ0) is 17.1. The third-order valence-corrected chi connectivity index (χ3v) is 4.57. The van der Waals surface area contributed by atoms with Gasteiger partial charge in [0.2, 0.25) is 0 Å². The molecule has 128 valence electrons. The first-order valence-electron chi connectivity index (χ1n) is 8.52. The number of halogens is 1. The monoisotopic (exact) mass is 337 g/mol. The van der Waals surface area contributed by atoms with Crippen LogP contribution in [0.1, 0.15) is 5.69 Å². The average molecular weight is 337 g/mol. The largest absolute Gasteiger partial charge is 0.369 e. The van der Waals surface area contributed by atoms with Gasteiger partial charge in [0.1, 0.15) is 5.82 Å². The van der Waals surface area contributed by atoms with Crippen LogP contribution in [0.25, 0.3) is 11.3 Å². The summed E-state index contributed by atoms with van der Waals surface area (Å²) >= 11 is 0. The lowest BCUT2D eigenvalue weighted by Gasteiger charge is -2.35. The summed E-state index contributed by atoms with van der Waals surface area (Å²) in [4.78, 5) is 4.65. The Labute approximate surface area is 146 Å². The molecule has 0 N–H and O–H groups in total. The second-order valence-corrected chi connectivity index (χ2v) is 6.29. The van der Waals surface area contributed by atoms with Crippen molar-refractivity contribution in [3.63, 3.8) is 0 Å². The van der Waals surface area contributed by atoms with Gasteiger partial charge >= 0.3 is 0 Å². The Morgan fingerprint density at radius 3 is 2.36 bits per heavy atom. The van der Waals surface area contributed by atoms with E-state index < -0.39 is 0 Å². The Balaban J connectivity index is 1.34. The van der Waals surface area contributed by atoms with Crippen molar-refractivity contribution in [1.29, 1.82) is 0 Å². The van der Waals surface area contributed by atoms with E-state index in [0.29, 0.717) is 0 Å². The van der Waals surface area contributed by atoms with Gasteiger partial charge in [-0.2, -0.15) is 0 Å². The molecule has 0 saturated carbocycles. The molecule has 0 atom stereocenters. The molecule has 0 bridgehead atoms. The van der Waals surface area contributed by atoms with Gasteiger partial charge in [0.05, 0.1) is 5.69 Å². The highest BCUT2D eigenvalue weighted by Crippen LogP contribution is 2.21. The van der Waals surface area contributed by atoms with E-state index in [0.717, 1.165) is 55.4 Å². The zero-order valence-electron chi connectivity index (χ0n) is 13.9. The van der Waals surface area contributed by atoms with E-state index >= 15 is 0 Å². The first kappa shape index (κ1) is 15.8. The van der Waals surface area contributed by atoms with E-state index in [1.165, 1.54) is 12.1 Å². The maximum absolute atomic E-state index is 13.0. The van der Waals surface area contributed by atoms with Gasteiger partial charge in [-0.05, 0) is 24.3 Å². The van der Waals surface area contributed by atoms with Crippen molar-refractivity contribution in [2.24, 2.45) is 0 Å². The first-order valence-corrected chi connectivity index (χ1v) is 8.52. The summed E-state index contributed by atoms with van der Waals surface area (Å²) in [6.45, 7) is 4.54. The molecule has 1 aliphatic rings. The second-order valence-electron chi connectivity index (χ2n) is 6.29. The van der Waals surface area contributed by atoms with Crippen LogP contribution in [0.3, 0.4) is 0 Å². The Hall–Kier alpha value is -2.66. The molecule has 1 fully saturated rings. The zero-order valence-corrected chi connectivity index (χ0v) is 13.9. The normalized spacial score (nSPS) is 15.5. The van der Waals surface area contributed by atoms with Crippen molar-refractivity contribution in [3.05, 3.63) is 72.2 Å². The highest BCUT2D eigenvalue weighted by Gasteiger charge is 2.18. The van der Waals surface area contributed by atoms with Crippen molar-refractivity contribution < 1.29 is 8.91 Å². The number of piperazine rings is 1. The summed E-state index contributed by atoms with van der Waals surface area (Å²) in [5, 5.41) is 4.20. The molecular formula is C20H20FN3O. The van der Waals surface area contributed by atoms with Crippen LogP contribution < -0.4 is 4.90 Å². The molecule has 0 aliphatic carbocycles. The molecule has 3 aromatic rings. The van der Waals surface area contributed by atoms with Crippen LogP contribution in [0.2, 0.25) is 0 Å². The second kappa shape index (κ2) is 7.07. The van der Waals surface area contributed by atoms with Gasteiger partial charge in [-0.15, -0.1) is 0 Å². The van der Waals surface area contributed by atoms with Crippen molar-refractivity contribution in [3.8, 4) is 11.3 Å². The van der Waals surface area contributed by atoms with E-state index in [1.54, 1.807) is 0 Å². The van der Waals surface area contributed by atoms with Crippen molar-refractivity contribution in [2.45, 2.75) is 6.54 Å². The molecular weight excluding hydrogens is 317 g/mol. The van der Waals surface area contributed by atoms with E-state index in [1.807, 2.05) is 48.5 Å². The predicted octanol–water partition coefficient (Wildman–Crippen LogP) is 3.80. The fraction of sp³-hybridized carbons (Fsp3) is 0.250. The Morgan fingerprint density at radius 1 is 0.920 bits per heavy atom. The molecule has 4 rings (SSSR count). The highest BCUT2D eigenvalue weighted by molar-refractivity contribution is 5.56. The highest BCUT2D eigenvalue weighted by atomic mass is 19.1. The molecule has 1 saturated heterocycles. The summed E-state index contributed by atoms with van der Waals surface area (Å²) in [6.07, 6.45) is 0. The van der Waals surface area contributed by atoms with Gasteiger partial charge in [0.15, 0.2) is 5.76 Å². The third-order valence-electron chi connectivity index (χ3n) is 4.57. The lowest BCUT2D eigenvalue weighted by molar-refractivity contribution is 0.242. The average Bonchev–Trinajstić information content (AvgIpc) is 3.12. The molecule has 0 unspecified atom stereocenters. The van der Waals surface area contributed by atoms with E-state index in [2.05, 4.69) is 15.0 Å². The smallest absolute Gasteiger partial charge is 0.167 e. The maximum Gasteiger partial charge on any atom is 0.167 e. The molecule has 0 radical (unpaired) electrons. The van der Waals surface area contributed by atoms with E-state index in [4.69, 9.17) is 4.52 Å².